The number of nitrogens with zero attached hydrogens (tertiary/aromatic N) is 2. The van der Waals surface area contributed by atoms with Crippen molar-refractivity contribution in [2.24, 2.45) is 0 Å². The van der Waals surface area contributed by atoms with E-state index in [4.69, 9.17) is 0 Å². The van der Waals surface area contributed by atoms with Crippen LogP contribution < -0.4 is 0 Å². The van der Waals surface area contributed by atoms with Crippen LogP contribution in [0.5, 0.6) is 0 Å². The van der Waals surface area contributed by atoms with E-state index in [0.29, 0.717) is 18.5 Å². The molecule has 2 bridgehead atoms. The lowest BCUT2D eigenvalue weighted by atomic mass is 9.83. The average molecular weight is 306 g/mol. The predicted molar refractivity (Wildman–Crippen MR) is 78.7 cm³/mol. The first-order valence-electron chi connectivity index (χ1n) is 7.38. The fourth-order valence-corrected chi connectivity index (χ4v) is 6.48. The summed E-state index contributed by atoms with van der Waals surface area (Å²) in [7, 11) is -3.07. The Kier molecular flexibility index (Phi) is 2.72. The van der Waals surface area contributed by atoms with Crippen molar-refractivity contribution in [1.29, 1.82) is 0 Å². The smallest absolute Gasteiger partial charge is 0.156 e. The van der Waals surface area contributed by atoms with Gasteiger partial charge in [0.05, 0.1) is 22.4 Å². The van der Waals surface area contributed by atoms with Crippen LogP contribution >= 0.6 is 0 Å². The quantitative estimate of drug-likeness (QED) is 0.869. The molecule has 2 unspecified atom stereocenters. The van der Waals surface area contributed by atoms with E-state index in [9.17, 15) is 13.5 Å². The van der Waals surface area contributed by atoms with Gasteiger partial charge < -0.3 is 9.51 Å². The summed E-state index contributed by atoms with van der Waals surface area (Å²) in [6.45, 7) is 0. The minimum absolute atomic E-state index is 0.286. The third kappa shape index (κ3) is 1.85. The van der Waals surface area contributed by atoms with Gasteiger partial charge >= 0.3 is 0 Å². The van der Waals surface area contributed by atoms with E-state index in [-0.39, 0.29) is 12.8 Å². The number of hydrogen-bond donors (Lipinski definition) is 1. The summed E-state index contributed by atoms with van der Waals surface area (Å²) < 4.78 is 26.6. The van der Waals surface area contributed by atoms with Crippen LogP contribution in [0.15, 0.2) is 30.6 Å². The molecule has 5 nitrogen and oxygen atoms in total. The Bertz CT molecular complexity index is 776. The molecular weight excluding hydrogens is 288 g/mol. The van der Waals surface area contributed by atoms with Gasteiger partial charge in [-0.1, -0.05) is 12.5 Å². The third-order valence-corrected chi connectivity index (χ3v) is 7.67. The second-order valence-electron chi connectivity index (χ2n) is 6.28. The zero-order chi connectivity index (χ0) is 14.7. The maximum atomic E-state index is 12.4. The lowest BCUT2D eigenvalue weighted by Crippen LogP contribution is -2.50. The fourth-order valence-electron chi connectivity index (χ4n) is 3.93. The molecule has 2 aliphatic rings. The molecule has 112 valence electrons. The number of sulfone groups is 1. The van der Waals surface area contributed by atoms with Crippen molar-refractivity contribution in [3.8, 4) is 0 Å². The Morgan fingerprint density at radius 2 is 1.95 bits per heavy atom. The van der Waals surface area contributed by atoms with Gasteiger partial charge in [0.1, 0.15) is 11.2 Å². The van der Waals surface area contributed by atoms with Crippen LogP contribution in [0.2, 0.25) is 0 Å². The second kappa shape index (κ2) is 4.30. The molecule has 0 saturated carbocycles. The Hall–Kier alpha value is -1.40. The van der Waals surface area contributed by atoms with Crippen molar-refractivity contribution >= 4 is 15.5 Å². The lowest BCUT2D eigenvalue weighted by Gasteiger charge is -2.43. The molecule has 0 aliphatic carbocycles. The summed E-state index contributed by atoms with van der Waals surface area (Å²) in [5.41, 5.74) is 0.395. The van der Waals surface area contributed by atoms with E-state index in [1.807, 2.05) is 28.8 Å². The number of aliphatic hydroxyl groups is 1. The van der Waals surface area contributed by atoms with Gasteiger partial charge in [0.2, 0.25) is 0 Å². The van der Waals surface area contributed by atoms with Crippen molar-refractivity contribution in [1.82, 2.24) is 9.38 Å². The van der Waals surface area contributed by atoms with Crippen molar-refractivity contribution in [3.63, 3.8) is 0 Å². The van der Waals surface area contributed by atoms with Crippen molar-refractivity contribution in [2.75, 3.05) is 0 Å². The van der Waals surface area contributed by atoms with Crippen LogP contribution in [0.1, 0.15) is 37.8 Å². The number of rotatable bonds is 1. The normalized spacial score (nSPS) is 34.9. The first-order valence-corrected chi connectivity index (χ1v) is 8.99. The topological polar surface area (TPSA) is 71.7 Å². The van der Waals surface area contributed by atoms with Crippen molar-refractivity contribution in [2.45, 2.75) is 48.2 Å². The Labute approximate surface area is 123 Å². The van der Waals surface area contributed by atoms with Crippen LogP contribution in [-0.4, -0.2) is 33.4 Å². The Morgan fingerprint density at radius 3 is 2.67 bits per heavy atom. The van der Waals surface area contributed by atoms with Gasteiger partial charge in [-0.3, -0.25) is 0 Å². The largest absolute Gasteiger partial charge is 0.383 e. The molecule has 4 rings (SSSR count). The minimum Gasteiger partial charge on any atom is -0.383 e. The SMILES string of the molecule is O=S1(=O)C2CCCC1CC(O)(c1cnc3ccccn13)C2. The van der Waals surface area contributed by atoms with Gasteiger partial charge in [0.25, 0.3) is 0 Å². The monoisotopic (exact) mass is 306 g/mol. The molecule has 0 aromatic carbocycles. The molecule has 1 N–H and O–H groups in total. The number of imidazole rings is 1. The van der Waals surface area contributed by atoms with Crippen LogP contribution in [0.4, 0.5) is 0 Å². The molecule has 21 heavy (non-hydrogen) atoms. The zero-order valence-electron chi connectivity index (χ0n) is 11.6. The number of fused-ring (bicyclic) bond motifs is 3. The molecule has 4 heterocycles. The predicted octanol–water partition coefficient (Wildman–Crippen LogP) is 1.65. The number of aromatic nitrogens is 2. The van der Waals surface area contributed by atoms with Gasteiger partial charge in [0, 0.05) is 6.20 Å². The highest BCUT2D eigenvalue weighted by molar-refractivity contribution is 7.92. The summed E-state index contributed by atoms with van der Waals surface area (Å²) in [4.78, 5) is 4.32. The van der Waals surface area contributed by atoms with Crippen LogP contribution in [-0.2, 0) is 15.4 Å². The first kappa shape index (κ1) is 13.3. The molecule has 6 heteroatoms. The highest BCUT2D eigenvalue weighted by Gasteiger charge is 2.51. The average Bonchev–Trinajstić information content (AvgIpc) is 2.85. The number of hydrogen-bond acceptors (Lipinski definition) is 4. The molecule has 2 fully saturated rings. The summed E-state index contributed by atoms with van der Waals surface area (Å²) in [6, 6.07) is 5.67. The van der Waals surface area contributed by atoms with Crippen molar-refractivity contribution in [3.05, 3.63) is 36.3 Å². The Balaban J connectivity index is 1.82. The van der Waals surface area contributed by atoms with Crippen LogP contribution in [0, 0.1) is 0 Å². The zero-order valence-corrected chi connectivity index (χ0v) is 12.5. The van der Waals surface area contributed by atoms with Crippen molar-refractivity contribution < 1.29 is 13.5 Å². The molecule has 2 aromatic rings. The number of pyridine rings is 1. The highest BCUT2D eigenvalue weighted by Crippen LogP contribution is 2.46. The summed E-state index contributed by atoms with van der Waals surface area (Å²) in [6.07, 6.45) is 6.40. The maximum absolute atomic E-state index is 12.4. The molecule has 0 radical (unpaired) electrons. The molecular formula is C15H18N2O3S. The van der Waals surface area contributed by atoms with Gasteiger partial charge in [-0.05, 0) is 37.8 Å². The minimum atomic E-state index is -3.07. The lowest BCUT2D eigenvalue weighted by molar-refractivity contribution is 0.000254. The van der Waals surface area contributed by atoms with E-state index in [2.05, 4.69) is 4.98 Å². The Morgan fingerprint density at radius 1 is 1.24 bits per heavy atom. The fraction of sp³-hybridized carbons (Fsp3) is 0.533. The standard InChI is InChI=1S/C15H18N2O3S/c18-15(13-10-16-14-6-1-2-7-17(13)14)8-11-4-3-5-12(9-15)21(11,19)20/h1-2,6-7,10-12,18H,3-5,8-9H2. The molecule has 2 aliphatic heterocycles. The van der Waals surface area contributed by atoms with Gasteiger partial charge in [-0.15, -0.1) is 0 Å². The molecule has 2 aromatic heterocycles. The van der Waals surface area contributed by atoms with E-state index < -0.39 is 25.9 Å². The maximum Gasteiger partial charge on any atom is 0.156 e. The first-order chi connectivity index (χ1) is 10.0. The van der Waals surface area contributed by atoms with E-state index >= 15 is 0 Å². The van der Waals surface area contributed by atoms with Gasteiger partial charge in [-0.25, -0.2) is 13.4 Å². The molecule has 2 saturated heterocycles. The van der Waals surface area contributed by atoms with Gasteiger partial charge in [-0.2, -0.15) is 0 Å². The van der Waals surface area contributed by atoms with E-state index in [1.165, 1.54) is 0 Å². The summed E-state index contributed by atoms with van der Waals surface area (Å²) >= 11 is 0. The van der Waals surface area contributed by atoms with E-state index in [1.54, 1.807) is 6.20 Å². The molecule has 0 spiro atoms. The highest BCUT2D eigenvalue weighted by atomic mass is 32.2. The van der Waals surface area contributed by atoms with E-state index in [0.717, 1.165) is 12.1 Å². The molecule has 2 atom stereocenters. The van der Waals surface area contributed by atoms with Gasteiger partial charge in [0.15, 0.2) is 9.84 Å². The summed E-state index contributed by atoms with van der Waals surface area (Å²) in [5, 5.41) is 10.3. The second-order valence-corrected chi connectivity index (χ2v) is 8.79. The third-order valence-electron chi connectivity index (χ3n) is 5.01. The van der Waals surface area contributed by atoms with Crippen LogP contribution in [0.25, 0.3) is 5.65 Å². The summed E-state index contributed by atoms with van der Waals surface area (Å²) in [5.74, 6) is 0. The molecule has 0 amide bonds. The van der Waals surface area contributed by atoms with Crippen LogP contribution in [0.3, 0.4) is 0 Å².